The van der Waals surface area contributed by atoms with Gasteiger partial charge in [0.05, 0.1) is 6.10 Å². The summed E-state index contributed by atoms with van der Waals surface area (Å²) in [6.07, 6.45) is 8.00. The number of ether oxygens (including phenoxy) is 1. The SMILES string of the molecule is Cc1cc(OC2CCC(C(C)(C)C)CC2)c(CN2CCCC2)c2ccccc12. The summed E-state index contributed by atoms with van der Waals surface area (Å²) in [5, 5.41) is 2.76. The summed E-state index contributed by atoms with van der Waals surface area (Å²) < 4.78 is 6.72. The molecule has 28 heavy (non-hydrogen) atoms. The highest BCUT2D eigenvalue weighted by molar-refractivity contribution is 5.90. The van der Waals surface area contributed by atoms with E-state index >= 15 is 0 Å². The van der Waals surface area contributed by atoms with Gasteiger partial charge >= 0.3 is 0 Å². The second-order valence-electron chi connectivity index (χ2n) is 10.2. The van der Waals surface area contributed by atoms with Crippen LogP contribution in [0.4, 0.5) is 0 Å². The Kier molecular flexibility index (Phi) is 5.69. The Morgan fingerprint density at radius 1 is 0.964 bits per heavy atom. The predicted molar refractivity (Wildman–Crippen MR) is 119 cm³/mol. The Hall–Kier alpha value is -1.54. The van der Waals surface area contributed by atoms with Gasteiger partial charge in [0.15, 0.2) is 0 Å². The van der Waals surface area contributed by atoms with Crippen molar-refractivity contribution in [3.63, 3.8) is 0 Å². The third kappa shape index (κ3) is 4.22. The zero-order valence-electron chi connectivity index (χ0n) is 18.3. The lowest BCUT2D eigenvalue weighted by Crippen LogP contribution is -2.31. The molecule has 1 saturated heterocycles. The van der Waals surface area contributed by atoms with Gasteiger partial charge in [-0.15, -0.1) is 0 Å². The molecule has 0 N–H and O–H groups in total. The standard InChI is InChI=1S/C26H37NO/c1-19-17-25(28-21-13-11-20(12-14-21)26(2,3)4)24(18-27-15-7-8-16-27)23-10-6-5-9-22(19)23/h5-6,9-10,17,20-21H,7-8,11-16,18H2,1-4H3. The van der Waals surface area contributed by atoms with Crippen molar-refractivity contribution in [3.05, 3.63) is 41.5 Å². The van der Waals surface area contributed by atoms with Crippen LogP contribution in [0.1, 0.15) is 70.4 Å². The molecule has 1 aliphatic carbocycles. The molecule has 2 fully saturated rings. The van der Waals surface area contributed by atoms with Crippen LogP contribution in [0.25, 0.3) is 10.8 Å². The smallest absolute Gasteiger partial charge is 0.125 e. The molecule has 2 aromatic rings. The van der Waals surface area contributed by atoms with Crippen LogP contribution in [0.3, 0.4) is 0 Å². The molecule has 0 amide bonds. The van der Waals surface area contributed by atoms with E-state index in [1.807, 2.05) is 0 Å². The average Bonchev–Trinajstić information content (AvgIpc) is 3.18. The molecular weight excluding hydrogens is 342 g/mol. The summed E-state index contributed by atoms with van der Waals surface area (Å²) >= 11 is 0. The third-order valence-electron chi connectivity index (χ3n) is 7.10. The fraction of sp³-hybridized carbons (Fsp3) is 0.615. The van der Waals surface area contributed by atoms with Crippen LogP contribution in [0.2, 0.25) is 0 Å². The van der Waals surface area contributed by atoms with Crippen LogP contribution < -0.4 is 4.74 Å². The predicted octanol–water partition coefficient (Wildman–Crippen LogP) is 6.73. The third-order valence-corrected chi connectivity index (χ3v) is 7.10. The van der Waals surface area contributed by atoms with Crippen molar-refractivity contribution >= 4 is 10.8 Å². The van der Waals surface area contributed by atoms with E-state index in [1.54, 1.807) is 0 Å². The first-order valence-electron chi connectivity index (χ1n) is 11.3. The normalized spacial score (nSPS) is 24.0. The van der Waals surface area contributed by atoms with Gasteiger partial charge in [0.25, 0.3) is 0 Å². The zero-order valence-corrected chi connectivity index (χ0v) is 18.3. The summed E-state index contributed by atoms with van der Waals surface area (Å²) in [7, 11) is 0. The maximum absolute atomic E-state index is 6.72. The van der Waals surface area contributed by atoms with Crippen LogP contribution >= 0.6 is 0 Å². The summed E-state index contributed by atoms with van der Waals surface area (Å²) in [6, 6.07) is 11.2. The molecular formula is C26H37NO. The Morgan fingerprint density at radius 2 is 1.61 bits per heavy atom. The Balaban J connectivity index is 1.59. The monoisotopic (exact) mass is 379 g/mol. The molecule has 0 aromatic heterocycles. The molecule has 2 nitrogen and oxygen atoms in total. The van der Waals surface area contributed by atoms with Crippen molar-refractivity contribution in [2.45, 2.75) is 78.9 Å². The molecule has 0 unspecified atom stereocenters. The summed E-state index contributed by atoms with van der Waals surface area (Å²) in [5.41, 5.74) is 3.16. The second kappa shape index (κ2) is 8.06. The van der Waals surface area contributed by atoms with E-state index in [0.717, 1.165) is 18.2 Å². The van der Waals surface area contributed by atoms with Crippen LogP contribution in [0, 0.1) is 18.3 Å². The minimum absolute atomic E-state index is 0.372. The summed E-state index contributed by atoms with van der Waals surface area (Å²) in [6.45, 7) is 12.9. The van der Waals surface area contributed by atoms with Crippen molar-refractivity contribution in [2.75, 3.05) is 13.1 Å². The molecule has 152 valence electrons. The largest absolute Gasteiger partial charge is 0.490 e. The molecule has 0 radical (unpaired) electrons. The van der Waals surface area contributed by atoms with E-state index in [4.69, 9.17) is 4.74 Å². The van der Waals surface area contributed by atoms with E-state index in [1.165, 1.54) is 73.5 Å². The lowest BCUT2D eigenvalue weighted by molar-refractivity contribution is 0.0871. The van der Waals surface area contributed by atoms with E-state index in [-0.39, 0.29) is 0 Å². The van der Waals surface area contributed by atoms with Gasteiger partial charge in [-0.05, 0) is 92.3 Å². The zero-order chi connectivity index (χ0) is 19.7. The van der Waals surface area contributed by atoms with E-state index in [9.17, 15) is 0 Å². The number of rotatable bonds is 4. The Labute approximate surface area is 171 Å². The highest BCUT2D eigenvalue weighted by Gasteiger charge is 2.31. The van der Waals surface area contributed by atoms with Gasteiger partial charge in [-0.1, -0.05) is 45.0 Å². The number of benzene rings is 2. The van der Waals surface area contributed by atoms with Crippen LogP contribution in [0.15, 0.2) is 30.3 Å². The number of fused-ring (bicyclic) bond motifs is 1. The van der Waals surface area contributed by atoms with Gasteiger partial charge in [0.2, 0.25) is 0 Å². The van der Waals surface area contributed by atoms with E-state index < -0.39 is 0 Å². The highest BCUT2D eigenvalue weighted by atomic mass is 16.5. The number of nitrogens with zero attached hydrogens (tertiary/aromatic N) is 1. The van der Waals surface area contributed by atoms with Crippen molar-refractivity contribution in [2.24, 2.45) is 11.3 Å². The molecule has 0 bridgehead atoms. The average molecular weight is 380 g/mol. The van der Waals surface area contributed by atoms with Crippen LogP contribution in [0.5, 0.6) is 5.75 Å². The first kappa shape index (κ1) is 19.8. The highest BCUT2D eigenvalue weighted by Crippen LogP contribution is 2.40. The molecule has 1 heterocycles. The minimum atomic E-state index is 0.372. The molecule has 2 aromatic carbocycles. The quantitative estimate of drug-likeness (QED) is 0.584. The number of hydrogen-bond donors (Lipinski definition) is 0. The minimum Gasteiger partial charge on any atom is -0.490 e. The number of aryl methyl sites for hydroxylation is 1. The van der Waals surface area contributed by atoms with Gasteiger partial charge in [0, 0.05) is 12.1 Å². The van der Waals surface area contributed by atoms with Crippen molar-refractivity contribution < 1.29 is 4.74 Å². The first-order valence-corrected chi connectivity index (χ1v) is 11.3. The Morgan fingerprint density at radius 3 is 2.25 bits per heavy atom. The first-order chi connectivity index (χ1) is 13.4. The van der Waals surface area contributed by atoms with Gasteiger partial charge < -0.3 is 4.74 Å². The molecule has 0 atom stereocenters. The molecule has 4 rings (SSSR count). The molecule has 1 saturated carbocycles. The molecule has 2 aliphatic rings. The lowest BCUT2D eigenvalue weighted by Gasteiger charge is -2.37. The van der Waals surface area contributed by atoms with Gasteiger partial charge in [-0.3, -0.25) is 4.90 Å². The van der Waals surface area contributed by atoms with Gasteiger partial charge in [-0.2, -0.15) is 0 Å². The van der Waals surface area contributed by atoms with E-state index in [2.05, 4.69) is 62.9 Å². The molecule has 0 spiro atoms. The van der Waals surface area contributed by atoms with Crippen molar-refractivity contribution in [1.82, 2.24) is 4.90 Å². The van der Waals surface area contributed by atoms with E-state index in [0.29, 0.717) is 11.5 Å². The summed E-state index contributed by atoms with van der Waals surface area (Å²) in [5.74, 6) is 1.97. The van der Waals surface area contributed by atoms with Crippen LogP contribution in [-0.4, -0.2) is 24.1 Å². The van der Waals surface area contributed by atoms with Crippen molar-refractivity contribution in [1.29, 1.82) is 0 Å². The van der Waals surface area contributed by atoms with Gasteiger partial charge in [-0.25, -0.2) is 0 Å². The maximum Gasteiger partial charge on any atom is 0.125 e. The van der Waals surface area contributed by atoms with Gasteiger partial charge in [0.1, 0.15) is 5.75 Å². The molecule has 2 heteroatoms. The maximum atomic E-state index is 6.72. The molecule has 1 aliphatic heterocycles. The Bertz CT molecular complexity index is 805. The lowest BCUT2D eigenvalue weighted by atomic mass is 9.72. The number of hydrogen-bond acceptors (Lipinski definition) is 2. The van der Waals surface area contributed by atoms with Crippen molar-refractivity contribution in [3.8, 4) is 5.75 Å². The van der Waals surface area contributed by atoms with Crippen LogP contribution in [-0.2, 0) is 6.54 Å². The fourth-order valence-electron chi connectivity index (χ4n) is 5.24. The summed E-state index contributed by atoms with van der Waals surface area (Å²) in [4.78, 5) is 2.60. The second-order valence-corrected chi connectivity index (χ2v) is 10.2. The fourth-order valence-corrected chi connectivity index (χ4v) is 5.24. The number of likely N-dealkylation sites (tertiary alicyclic amines) is 1. The topological polar surface area (TPSA) is 12.5 Å².